The SMILES string of the molecule is CCOC(=O)c1cc(-c2cccc(NC(=O)c3ccc(Cl)nc3)c2)n(-c2ccccc2C)n1. The summed E-state index contributed by atoms with van der Waals surface area (Å²) in [5, 5.41) is 7.70. The van der Waals surface area contributed by atoms with Crippen LogP contribution < -0.4 is 5.32 Å². The lowest BCUT2D eigenvalue weighted by molar-refractivity contribution is 0.0519. The van der Waals surface area contributed by atoms with E-state index in [1.54, 1.807) is 35.9 Å². The number of hydrogen-bond donors (Lipinski definition) is 1. The fourth-order valence-corrected chi connectivity index (χ4v) is 3.46. The molecule has 4 aromatic rings. The van der Waals surface area contributed by atoms with Crippen molar-refractivity contribution in [3.05, 3.63) is 94.9 Å². The van der Waals surface area contributed by atoms with Crippen molar-refractivity contribution in [1.82, 2.24) is 14.8 Å². The molecule has 4 rings (SSSR count). The van der Waals surface area contributed by atoms with Crippen molar-refractivity contribution in [2.75, 3.05) is 11.9 Å². The van der Waals surface area contributed by atoms with Crippen molar-refractivity contribution in [3.63, 3.8) is 0 Å². The minimum Gasteiger partial charge on any atom is -0.461 e. The van der Waals surface area contributed by atoms with Crippen molar-refractivity contribution in [1.29, 1.82) is 0 Å². The molecule has 2 aromatic carbocycles. The molecule has 0 aliphatic carbocycles. The van der Waals surface area contributed by atoms with Gasteiger partial charge in [-0.25, -0.2) is 14.5 Å². The summed E-state index contributed by atoms with van der Waals surface area (Å²) in [5.41, 5.74) is 4.48. The molecule has 8 heteroatoms. The quantitative estimate of drug-likeness (QED) is 0.310. The number of aryl methyl sites for hydroxylation is 1. The van der Waals surface area contributed by atoms with Gasteiger partial charge in [-0.3, -0.25) is 4.79 Å². The summed E-state index contributed by atoms with van der Waals surface area (Å²) < 4.78 is 6.86. The van der Waals surface area contributed by atoms with E-state index >= 15 is 0 Å². The van der Waals surface area contributed by atoms with Gasteiger partial charge < -0.3 is 10.1 Å². The Hall–Kier alpha value is -3.97. The van der Waals surface area contributed by atoms with Crippen molar-refractivity contribution >= 4 is 29.2 Å². The molecular formula is C25H21ClN4O3. The van der Waals surface area contributed by atoms with Gasteiger partial charge in [0.25, 0.3) is 5.91 Å². The summed E-state index contributed by atoms with van der Waals surface area (Å²) >= 11 is 5.80. The monoisotopic (exact) mass is 460 g/mol. The van der Waals surface area contributed by atoms with E-state index in [2.05, 4.69) is 15.4 Å². The number of halogens is 1. The highest BCUT2D eigenvalue weighted by Gasteiger charge is 2.19. The zero-order valence-corrected chi connectivity index (χ0v) is 18.8. The maximum atomic E-state index is 12.6. The summed E-state index contributed by atoms with van der Waals surface area (Å²) in [6, 6.07) is 19.9. The average Bonchev–Trinajstić information content (AvgIpc) is 3.26. The third-order valence-electron chi connectivity index (χ3n) is 4.94. The number of nitrogens with one attached hydrogen (secondary N) is 1. The molecular weight excluding hydrogens is 440 g/mol. The fourth-order valence-electron chi connectivity index (χ4n) is 3.35. The van der Waals surface area contributed by atoms with Gasteiger partial charge in [0.2, 0.25) is 0 Å². The van der Waals surface area contributed by atoms with Gasteiger partial charge in [-0.05, 0) is 55.8 Å². The Balaban J connectivity index is 1.72. The van der Waals surface area contributed by atoms with E-state index in [9.17, 15) is 9.59 Å². The third kappa shape index (κ3) is 4.94. The normalized spacial score (nSPS) is 10.6. The van der Waals surface area contributed by atoms with Gasteiger partial charge in [-0.1, -0.05) is 41.9 Å². The number of carbonyl (C=O) groups excluding carboxylic acids is 2. The zero-order chi connectivity index (χ0) is 23.4. The van der Waals surface area contributed by atoms with Crippen LogP contribution >= 0.6 is 11.6 Å². The number of amides is 1. The first-order valence-corrected chi connectivity index (χ1v) is 10.7. The number of para-hydroxylation sites is 1. The van der Waals surface area contributed by atoms with Gasteiger partial charge in [-0.15, -0.1) is 0 Å². The molecule has 0 saturated carbocycles. The van der Waals surface area contributed by atoms with E-state index in [4.69, 9.17) is 16.3 Å². The predicted octanol–water partition coefficient (Wildman–Crippen LogP) is 5.33. The van der Waals surface area contributed by atoms with Crippen molar-refractivity contribution in [2.45, 2.75) is 13.8 Å². The molecule has 0 aliphatic heterocycles. The molecule has 166 valence electrons. The summed E-state index contributed by atoms with van der Waals surface area (Å²) in [4.78, 5) is 28.9. The number of carbonyl (C=O) groups is 2. The van der Waals surface area contributed by atoms with Gasteiger partial charge >= 0.3 is 5.97 Å². The molecule has 0 radical (unpaired) electrons. The van der Waals surface area contributed by atoms with Crippen molar-refractivity contribution in [2.24, 2.45) is 0 Å². The molecule has 1 amide bonds. The lowest BCUT2D eigenvalue weighted by Gasteiger charge is -2.12. The molecule has 0 atom stereocenters. The standard InChI is InChI=1S/C25H21ClN4O3/c1-3-33-25(32)20-14-22(30(29-20)21-10-5-4-7-16(21)2)17-8-6-9-19(13-17)28-24(31)18-11-12-23(26)27-15-18/h4-15H,3H2,1-2H3,(H,28,31). The van der Waals surface area contributed by atoms with E-state index < -0.39 is 5.97 Å². The predicted molar refractivity (Wildman–Crippen MR) is 127 cm³/mol. The molecule has 1 N–H and O–H groups in total. The smallest absolute Gasteiger partial charge is 0.358 e. The van der Waals surface area contributed by atoms with Crippen LogP contribution in [-0.2, 0) is 4.74 Å². The first-order valence-electron chi connectivity index (χ1n) is 10.3. The molecule has 0 spiro atoms. The minimum atomic E-state index is -0.495. The largest absolute Gasteiger partial charge is 0.461 e. The fraction of sp³-hybridized carbons (Fsp3) is 0.120. The van der Waals surface area contributed by atoms with E-state index in [-0.39, 0.29) is 18.2 Å². The number of rotatable bonds is 6. The second kappa shape index (κ2) is 9.67. The number of aromatic nitrogens is 3. The van der Waals surface area contributed by atoms with Crippen LogP contribution in [0.3, 0.4) is 0 Å². The lowest BCUT2D eigenvalue weighted by Crippen LogP contribution is -2.12. The van der Waals surface area contributed by atoms with Crippen LogP contribution in [0.5, 0.6) is 0 Å². The highest BCUT2D eigenvalue weighted by molar-refractivity contribution is 6.29. The number of hydrogen-bond acceptors (Lipinski definition) is 5. The maximum Gasteiger partial charge on any atom is 0.358 e. The van der Waals surface area contributed by atoms with E-state index in [0.29, 0.717) is 22.1 Å². The molecule has 0 bridgehead atoms. The van der Waals surface area contributed by atoms with E-state index in [1.165, 1.54) is 6.20 Å². The number of nitrogens with zero attached hydrogens (tertiary/aromatic N) is 3. The molecule has 7 nitrogen and oxygen atoms in total. The molecule has 2 aromatic heterocycles. The van der Waals surface area contributed by atoms with Crippen molar-refractivity contribution in [3.8, 4) is 16.9 Å². The van der Waals surface area contributed by atoms with E-state index in [1.807, 2.05) is 49.4 Å². The van der Waals surface area contributed by atoms with Crippen LogP contribution in [0.2, 0.25) is 5.15 Å². The Kier molecular flexibility index (Phi) is 6.51. The Morgan fingerprint density at radius 3 is 2.61 bits per heavy atom. The topological polar surface area (TPSA) is 86.1 Å². The number of ether oxygens (including phenoxy) is 1. The Morgan fingerprint density at radius 2 is 1.88 bits per heavy atom. The van der Waals surface area contributed by atoms with Crippen LogP contribution in [0.25, 0.3) is 16.9 Å². The number of anilines is 1. The van der Waals surface area contributed by atoms with Gasteiger partial charge in [0.05, 0.1) is 23.6 Å². The number of esters is 1. The Bertz CT molecular complexity index is 1320. The second-order valence-corrected chi connectivity index (χ2v) is 7.63. The van der Waals surface area contributed by atoms with Gasteiger partial charge in [0.15, 0.2) is 5.69 Å². The third-order valence-corrected chi connectivity index (χ3v) is 5.17. The van der Waals surface area contributed by atoms with Crippen molar-refractivity contribution < 1.29 is 14.3 Å². The Labute approximate surface area is 196 Å². The molecule has 0 fully saturated rings. The van der Waals surface area contributed by atoms with Crippen LogP contribution in [0, 0.1) is 6.92 Å². The van der Waals surface area contributed by atoms with Crippen LogP contribution in [-0.4, -0.2) is 33.2 Å². The highest BCUT2D eigenvalue weighted by Crippen LogP contribution is 2.28. The molecule has 33 heavy (non-hydrogen) atoms. The average molecular weight is 461 g/mol. The highest BCUT2D eigenvalue weighted by atomic mass is 35.5. The van der Waals surface area contributed by atoms with E-state index in [0.717, 1.165) is 16.8 Å². The molecule has 0 aliphatic rings. The van der Waals surface area contributed by atoms with Gasteiger partial charge in [-0.2, -0.15) is 5.10 Å². The molecule has 2 heterocycles. The van der Waals surface area contributed by atoms with Gasteiger partial charge in [0, 0.05) is 17.4 Å². The van der Waals surface area contributed by atoms with Crippen LogP contribution in [0.15, 0.2) is 72.9 Å². The summed E-state index contributed by atoms with van der Waals surface area (Å²) in [7, 11) is 0. The Morgan fingerprint density at radius 1 is 1.06 bits per heavy atom. The first kappa shape index (κ1) is 22.2. The number of benzene rings is 2. The molecule has 0 unspecified atom stereocenters. The lowest BCUT2D eigenvalue weighted by atomic mass is 10.1. The maximum absolute atomic E-state index is 12.6. The zero-order valence-electron chi connectivity index (χ0n) is 18.1. The summed E-state index contributed by atoms with van der Waals surface area (Å²) in [6.45, 7) is 3.98. The first-order chi connectivity index (χ1) is 16.0. The minimum absolute atomic E-state index is 0.205. The summed E-state index contributed by atoms with van der Waals surface area (Å²) in [5.74, 6) is -0.804. The van der Waals surface area contributed by atoms with Crippen LogP contribution in [0.4, 0.5) is 5.69 Å². The number of pyridine rings is 1. The summed E-state index contributed by atoms with van der Waals surface area (Å²) in [6.07, 6.45) is 1.42. The van der Waals surface area contributed by atoms with Crippen LogP contribution in [0.1, 0.15) is 33.3 Å². The van der Waals surface area contributed by atoms with Gasteiger partial charge in [0.1, 0.15) is 5.15 Å². The second-order valence-electron chi connectivity index (χ2n) is 7.24. The molecule has 0 saturated heterocycles.